The van der Waals surface area contributed by atoms with Gasteiger partial charge in [0.15, 0.2) is 0 Å². The van der Waals surface area contributed by atoms with E-state index in [2.05, 4.69) is 15.9 Å². The van der Waals surface area contributed by atoms with Crippen molar-refractivity contribution >= 4 is 33.2 Å². The molecule has 0 atom stereocenters. The summed E-state index contributed by atoms with van der Waals surface area (Å²) in [6.45, 7) is 0. The maximum Gasteiger partial charge on any atom is 0.143 e. The quantitative estimate of drug-likeness (QED) is 0.830. The Kier molecular flexibility index (Phi) is 3.36. The molecule has 0 spiro atoms. The highest BCUT2D eigenvalue weighted by molar-refractivity contribution is 9.10. The number of benzene rings is 2. The molecule has 2 aromatic carbocycles. The molecular weight excluding hydrogens is 289 g/mol. The number of nitrogens with two attached hydrogens (primary N) is 1. The molecule has 0 aliphatic carbocycles. The smallest absolute Gasteiger partial charge is 0.143 e. The van der Waals surface area contributed by atoms with Crippen LogP contribution in [-0.2, 0) is 0 Å². The third-order valence-electron chi connectivity index (χ3n) is 2.02. The van der Waals surface area contributed by atoms with Crippen molar-refractivity contribution in [1.29, 1.82) is 0 Å². The van der Waals surface area contributed by atoms with Crippen LogP contribution in [0.5, 0.6) is 11.5 Å². The highest BCUT2D eigenvalue weighted by Gasteiger charge is 2.05. The van der Waals surface area contributed by atoms with Gasteiger partial charge in [0.1, 0.15) is 11.5 Å². The lowest BCUT2D eigenvalue weighted by atomic mass is 10.3. The second-order valence-corrected chi connectivity index (χ2v) is 4.42. The Morgan fingerprint density at radius 1 is 1.06 bits per heavy atom. The summed E-state index contributed by atoms with van der Waals surface area (Å²) in [5, 5.41) is 0.618. The number of nitrogen functional groups attached to an aromatic ring is 1. The van der Waals surface area contributed by atoms with Crippen molar-refractivity contribution in [3.63, 3.8) is 0 Å². The van der Waals surface area contributed by atoms with Crippen molar-refractivity contribution in [3.8, 4) is 11.5 Å². The Hall–Kier alpha value is -1.19. The summed E-state index contributed by atoms with van der Waals surface area (Å²) in [7, 11) is 0. The van der Waals surface area contributed by atoms with E-state index in [0.717, 1.165) is 10.2 Å². The van der Waals surface area contributed by atoms with Crippen LogP contribution >= 0.6 is 27.5 Å². The zero-order valence-electron chi connectivity index (χ0n) is 8.28. The molecule has 4 heteroatoms. The molecule has 0 radical (unpaired) electrons. The van der Waals surface area contributed by atoms with Gasteiger partial charge in [-0.1, -0.05) is 17.7 Å². The molecule has 0 aliphatic rings. The average molecular weight is 299 g/mol. The Morgan fingerprint density at radius 3 is 2.44 bits per heavy atom. The van der Waals surface area contributed by atoms with Crippen molar-refractivity contribution in [2.75, 3.05) is 5.73 Å². The van der Waals surface area contributed by atoms with Gasteiger partial charge in [-0.05, 0) is 52.3 Å². The van der Waals surface area contributed by atoms with Gasteiger partial charge < -0.3 is 10.5 Å². The van der Waals surface area contributed by atoms with Crippen LogP contribution in [0.15, 0.2) is 46.9 Å². The van der Waals surface area contributed by atoms with Gasteiger partial charge in [0.25, 0.3) is 0 Å². The van der Waals surface area contributed by atoms with Crippen LogP contribution in [0.1, 0.15) is 0 Å². The lowest BCUT2D eigenvalue weighted by Crippen LogP contribution is -1.87. The lowest BCUT2D eigenvalue weighted by molar-refractivity contribution is 0.480. The van der Waals surface area contributed by atoms with Crippen LogP contribution in [0.2, 0.25) is 5.02 Å². The molecule has 0 saturated heterocycles. The van der Waals surface area contributed by atoms with Gasteiger partial charge in [0, 0.05) is 5.69 Å². The van der Waals surface area contributed by atoms with E-state index in [0.29, 0.717) is 16.5 Å². The molecule has 2 aromatic rings. The van der Waals surface area contributed by atoms with Gasteiger partial charge in [0.05, 0.1) is 9.50 Å². The molecule has 0 amide bonds. The molecule has 0 aliphatic heterocycles. The summed E-state index contributed by atoms with van der Waals surface area (Å²) in [4.78, 5) is 0. The third-order valence-corrected chi connectivity index (χ3v) is 3.39. The average Bonchev–Trinajstić information content (AvgIpc) is 2.28. The fourth-order valence-corrected chi connectivity index (χ4v) is 1.74. The van der Waals surface area contributed by atoms with E-state index in [1.807, 2.05) is 24.3 Å². The fourth-order valence-electron chi connectivity index (χ4n) is 1.23. The minimum absolute atomic E-state index is 0.618. The first-order valence-corrected chi connectivity index (χ1v) is 5.81. The van der Waals surface area contributed by atoms with Gasteiger partial charge in [-0.25, -0.2) is 0 Å². The van der Waals surface area contributed by atoms with Crippen molar-refractivity contribution < 1.29 is 4.74 Å². The molecule has 16 heavy (non-hydrogen) atoms. The van der Waals surface area contributed by atoms with E-state index in [1.165, 1.54) is 0 Å². The monoisotopic (exact) mass is 297 g/mol. The predicted octanol–water partition coefficient (Wildman–Crippen LogP) is 4.48. The molecule has 0 unspecified atom stereocenters. The first-order valence-electron chi connectivity index (χ1n) is 4.64. The lowest BCUT2D eigenvalue weighted by Gasteiger charge is -2.08. The van der Waals surface area contributed by atoms with Gasteiger partial charge >= 0.3 is 0 Å². The van der Waals surface area contributed by atoms with Crippen LogP contribution < -0.4 is 10.5 Å². The summed E-state index contributed by atoms with van der Waals surface area (Å²) in [5.74, 6) is 1.40. The van der Waals surface area contributed by atoms with E-state index in [4.69, 9.17) is 22.1 Å². The Balaban J connectivity index is 2.27. The van der Waals surface area contributed by atoms with Gasteiger partial charge in [-0.3, -0.25) is 0 Å². The molecule has 2 rings (SSSR count). The van der Waals surface area contributed by atoms with E-state index >= 15 is 0 Å². The topological polar surface area (TPSA) is 35.2 Å². The molecule has 0 fully saturated rings. The highest BCUT2D eigenvalue weighted by Crippen LogP contribution is 2.34. The summed E-state index contributed by atoms with van der Waals surface area (Å²) in [6, 6.07) is 12.7. The first kappa shape index (κ1) is 11.3. The highest BCUT2D eigenvalue weighted by atomic mass is 79.9. The molecule has 0 bridgehead atoms. The van der Waals surface area contributed by atoms with Gasteiger partial charge in [-0.2, -0.15) is 0 Å². The Bertz CT molecular complexity index is 499. The minimum Gasteiger partial charge on any atom is -0.456 e. The second-order valence-electron chi connectivity index (χ2n) is 3.22. The molecule has 0 heterocycles. The number of hydrogen-bond donors (Lipinski definition) is 1. The molecule has 2 nitrogen and oxygen atoms in total. The number of halogens is 2. The summed E-state index contributed by atoms with van der Waals surface area (Å²) >= 11 is 9.33. The van der Waals surface area contributed by atoms with Gasteiger partial charge in [0.2, 0.25) is 0 Å². The van der Waals surface area contributed by atoms with Crippen molar-refractivity contribution in [3.05, 3.63) is 52.0 Å². The Morgan fingerprint density at radius 2 is 1.75 bits per heavy atom. The third kappa shape index (κ3) is 2.49. The molecule has 0 aromatic heterocycles. The van der Waals surface area contributed by atoms with E-state index in [1.54, 1.807) is 18.2 Å². The van der Waals surface area contributed by atoms with E-state index in [-0.39, 0.29) is 0 Å². The van der Waals surface area contributed by atoms with Crippen LogP contribution in [0.3, 0.4) is 0 Å². The SMILES string of the molecule is Nc1ccc(Oc2cccc(Cl)c2Br)cc1. The fraction of sp³-hybridized carbons (Fsp3) is 0. The van der Waals surface area contributed by atoms with Crippen LogP contribution in [0.25, 0.3) is 0 Å². The molecular formula is C12H9BrClNO. The van der Waals surface area contributed by atoms with Crippen molar-refractivity contribution in [1.82, 2.24) is 0 Å². The summed E-state index contributed by atoms with van der Waals surface area (Å²) in [5.41, 5.74) is 6.29. The van der Waals surface area contributed by atoms with Crippen molar-refractivity contribution in [2.24, 2.45) is 0 Å². The van der Waals surface area contributed by atoms with Crippen LogP contribution in [-0.4, -0.2) is 0 Å². The maximum atomic E-state index is 5.96. The number of ether oxygens (including phenoxy) is 1. The molecule has 82 valence electrons. The molecule has 0 saturated carbocycles. The van der Waals surface area contributed by atoms with Crippen molar-refractivity contribution in [2.45, 2.75) is 0 Å². The summed E-state index contributed by atoms with van der Waals surface area (Å²) in [6.07, 6.45) is 0. The minimum atomic E-state index is 0.618. The van der Waals surface area contributed by atoms with Crippen LogP contribution in [0.4, 0.5) is 5.69 Å². The largest absolute Gasteiger partial charge is 0.456 e. The van der Waals surface area contributed by atoms with E-state index in [9.17, 15) is 0 Å². The number of rotatable bonds is 2. The summed E-state index contributed by atoms with van der Waals surface area (Å²) < 4.78 is 6.40. The zero-order valence-corrected chi connectivity index (χ0v) is 10.6. The number of hydrogen-bond acceptors (Lipinski definition) is 2. The second kappa shape index (κ2) is 4.76. The maximum absolute atomic E-state index is 5.96. The Labute approximate surface area is 107 Å². The first-order chi connectivity index (χ1) is 7.66. The molecule has 2 N–H and O–H groups in total. The number of anilines is 1. The normalized spacial score (nSPS) is 10.1. The van der Waals surface area contributed by atoms with Gasteiger partial charge in [-0.15, -0.1) is 0 Å². The van der Waals surface area contributed by atoms with E-state index < -0.39 is 0 Å². The predicted molar refractivity (Wildman–Crippen MR) is 70.1 cm³/mol. The van der Waals surface area contributed by atoms with Crippen LogP contribution in [0, 0.1) is 0 Å². The zero-order chi connectivity index (χ0) is 11.5. The standard InChI is InChI=1S/C12H9BrClNO/c13-12-10(14)2-1-3-11(12)16-9-6-4-8(15)5-7-9/h1-7H,15H2.